The number of fused-ring (bicyclic) bond motifs is 4. The van der Waals surface area contributed by atoms with E-state index in [1.54, 1.807) is 57.1 Å². The van der Waals surface area contributed by atoms with Gasteiger partial charge in [0.05, 0.1) is 16.8 Å². The lowest BCUT2D eigenvalue weighted by Crippen LogP contribution is -2.30. The summed E-state index contributed by atoms with van der Waals surface area (Å²) in [5.74, 6) is -0.471. The van der Waals surface area contributed by atoms with Gasteiger partial charge in [0.1, 0.15) is 18.2 Å². The van der Waals surface area contributed by atoms with Crippen LogP contribution in [0, 0.1) is 18.2 Å². The Bertz CT molecular complexity index is 1860. The zero-order valence-electron chi connectivity index (χ0n) is 25.5. The Kier molecular flexibility index (Phi) is 4.09. The highest BCUT2D eigenvalue weighted by atomic mass is 19.1. The summed E-state index contributed by atoms with van der Waals surface area (Å²) in [4.78, 5) is 1.72. The summed E-state index contributed by atoms with van der Waals surface area (Å²) in [6.45, 7) is 5.23. The quantitative estimate of drug-likeness (QED) is 0.250. The lowest BCUT2D eigenvalue weighted by molar-refractivity contribution is -0.660. The Morgan fingerprint density at radius 2 is 1.69 bits per heavy atom. The smallest absolute Gasteiger partial charge is 0.216 e. The SMILES string of the molecule is [2H]C1([2H])c2ccc(-c3c(F)c(N(C)C)cc4c3oc3c(-c5cccc[n+]5C)c(C)ccc34)cc2C([2H])([2H])C1(C)C. The molecule has 1 aliphatic carbocycles. The summed E-state index contributed by atoms with van der Waals surface area (Å²) in [6, 6.07) is 16.7. The van der Waals surface area contributed by atoms with Crippen LogP contribution >= 0.6 is 0 Å². The van der Waals surface area contributed by atoms with Crippen LogP contribution in [0.15, 0.2) is 65.2 Å². The lowest BCUT2D eigenvalue weighted by atomic mass is 9.90. The number of pyridine rings is 1. The average molecular weight is 484 g/mol. The van der Waals surface area contributed by atoms with Gasteiger partial charge in [0.25, 0.3) is 0 Å². The van der Waals surface area contributed by atoms with E-state index in [2.05, 4.69) is 0 Å². The second-order valence-electron chi connectivity index (χ2n) is 10.4. The first-order chi connectivity index (χ1) is 18.7. The maximum absolute atomic E-state index is 16.4. The molecular formula is C32H32FN2O+. The van der Waals surface area contributed by atoms with Gasteiger partial charge in [-0.1, -0.05) is 44.2 Å². The molecule has 3 aromatic carbocycles. The number of furan rings is 1. The molecule has 36 heavy (non-hydrogen) atoms. The molecule has 2 heterocycles. The second-order valence-corrected chi connectivity index (χ2v) is 10.4. The second kappa shape index (κ2) is 7.92. The number of aryl methyl sites for hydroxylation is 2. The summed E-state index contributed by atoms with van der Waals surface area (Å²) >= 11 is 0. The van der Waals surface area contributed by atoms with E-state index in [1.807, 2.05) is 55.1 Å². The van der Waals surface area contributed by atoms with Gasteiger partial charge in [-0.15, -0.1) is 0 Å². The molecule has 0 N–H and O–H groups in total. The highest BCUT2D eigenvalue weighted by Crippen LogP contribution is 2.45. The Balaban J connectivity index is 1.72. The summed E-state index contributed by atoms with van der Waals surface area (Å²) < 4.78 is 60.2. The van der Waals surface area contributed by atoms with E-state index in [4.69, 9.17) is 9.90 Å². The van der Waals surface area contributed by atoms with Gasteiger partial charge in [-0.2, -0.15) is 0 Å². The molecule has 182 valence electrons. The third-order valence-corrected chi connectivity index (χ3v) is 7.05. The minimum atomic E-state index is -1.96. The number of anilines is 1. The molecule has 0 atom stereocenters. The Labute approximate surface area is 217 Å². The van der Waals surface area contributed by atoms with Crippen molar-refractivity contribution < 1.29 is 18.9 Å². The first-order valence-electron chi connectivity index (χ1n) is 14.2. The Hall–Kier alpha value is -3.66. The van der Waals surface area contributed by atoms with Gasteiger partial charge in [-0.3, -0.25) is 0 Å². The maximum atomic E-state index is 16.4. The van der Waals surface area contributed by atoms with Crippen molar-refractivity contribution in [3.8, 4) is 22.4 Å². The first-order valence-corrected chi connectivity index (χ1v) is 12.2. The minimum absolute atomic E-state index is 0.238. The fraction of sp³-hybridized carbons (Fsp3) is 0.281. The van der Waals surface area contributed by atoms with Crippen molar-refractivity contribution in [3.05, 3.63) is 83.3 Å². The number of nitrogens with zero attached hydrogens (tertiary/aromatic N) is 2. The largest absolute Gasteiger partial charge is 0.454 e. The van der Waals surface area contributed by atoms with Crippen LogP contribution in [0.1, 0.15) is 36.0 Å². The molecule has 2 aromatic heterocycles. The van der Waals surface area contributed by atoms with Crippen molar-refractivity contribution in [2.75, 3.05) is 19.0 Å². The fourth-order valence-corrected chi connectivity index (χ4v) is 5.34. The van der Waals surface area contributed by atoms with Gasteiger partial charge in [0.2, 0.25) is 5.69 Å². The lowest BCUT2D eigenvalue weighted by Gasteiger charge is -2.17. The highest BCUT2D eigenvalue weighted by molar-refractivity contribution is 6.14. The van der Waals surface area contributed by atoms with Crippen LogP contribution < -0.4 is 9.47 Å². The number of aromatic nitrogens is 1. The van der Waals surface area contributed by atoms with Gasteiger partial charge in [0.15, 0.2) is 12.0 Å². The summed E-state index contributed by atoms with van der Waals surface area (Å²) in [5.41, 5.74) is 4.26. The van der Waals surface area contributed by atoms with E-state index in [0.29, 0.717) is 28.0 Å². The number of hydrogen-bond donors (Lipinski definition) is 0. The number of halogens is 1. The maximum Gasteiger partial charge on any atom is 0.216 e. The van der Waals surface area contributed by atoms with Crippen molar-refractivity contribution in [2.24, 2.45) is 12.5 Å². The molecule has 0 saturated carbocycles. The van der Waals surface area contributed by atoms with Crippen molar-refractivity contribution in [1.82, 2.24) is 0 Å². The molecule has 0 aliphatic heterocycles. The normalized spacial score (nSPS) is 19.0. The van der Waals surface area contributed by atoms with Gasteiger partial charge >= 0.3 is 0 Å². The van der Waals surface area contributed by atoms with Crippen LogP contribution in [0.25, 0.3) is 44.3 Å². The van der Waals surface area contributed by atoms with E-state index in [1.165, 1.54) is 0 Å². The minimum Gasteiger partial charge on any atom is -0.454 e. The molecule has 6 rings (SSSR count). The molecule has 1 aliphatic rings. The van der Waals surface area contributed by atoms with Crippen molar-refractivity contribution in [3.63, 3.8) is 0 Å². The van der Waals surface area contributed by atoms with Crippen LogP contribution in [-0.2, 0) is 19.8 Å². The van der Waals surface area contributed by atoms with E-state index < -0.39 is 24.0 Å². The summed E-state index contributed by atoms with van der Waals surface area (Å²) in [7, 11) is 5.55. The fourth-order valence-electron chi connectivity index (χ4n) is 5.34. The van der Waals surface area contributed by atoms with Crippen LogP contribution in [0.2, 0.25) is 0 Å². The van der Waals surface area contributed by atoms with E-state index in [0.717, 1.165) is 27.6 Å². The molecule has 0 amide bonds. The molecule has 0 fully saturated rings. The van der Waals surface area contributed by atoms with Crippen molar-refractivity contribution >= 4 is 27.6 Å². The van der Waals surface area contributed by atoms with Crippen LogP contribution in [0.5, 0.6) is 0 Å². The summed E-state index contributed by atoms with van der Waals surface area (Å²) in [5, 5.41) is 1.62. The van der Waals surface area contributed by atoms with Gasteiger partial charge < -0.3 is 9.32 Å². The molecule has 0 saturated heterocycles. The van der Waals surface area contributed by atoms with Crippen LogP contribution in [-0.4, -0.2) is 14.1 Å². The molecular weight excluding hydrogens is 447 g/mol. The average Bonchev–Trinajstić information content (AvgIpc) is 3.29. The molecule has 3 nitrogen and oxygen atoms in total. The zero-order valence-corrected chi connectivity index (χ0v) is 21.5. The Morgan fingerprint density at radius 3 is 2.44 bits per heavy atom. The predicted octanol–water partition coefficient (Wildman–Crippen LogP) is 7.38. The zero-order chi connectivity index (χ0) is 28.9. The van der Waals surface area contributed by atoms with E-state index >= 15 is 4.39 Å². The topological polar surface area (TPSA) is 20.3 Å². The molecule has 5 aromatic rings. The standard InChI is InChI=1S/C32H32FN2O/c1-19-10-13-23-24-16-26(34(4)5)29(33)28(20-11-12-21-17-32(2,3)18-22(21)15-20)31(24)36-30(23)27(19)25-9-7-8-14-35(25)6/h7-16H,17-18H2,1-6H3/q+1/i17D2,18D2. The molecule has 0 radical (unpaired) electrons. The Morgan fingerprint density at radius 1 is 0.944 bits per heavy atom. The van der Waals surface area contributed by atoms with Gasteiger partial charge in [-0.05, 0) is 59.5 Å². The van der Waals surface area contributed by atoms with E-state index in [9.17, 15) is 0 Å². The molecule has 4 heteroatoms. The number of hydrogen-bond acceptors (Lipinski definition) is 2. The van der Waals surface area contributed by atoms with Gasteiger partial charge in [-0.25, -0.2) is 8.96 Å². The van der Waals surface area contributed by atoms with Crippen LogP contribution in [0.4, 0.5) is 10.1 Å². The highest BCUT2D eigenvalue weighted by Gasteiger charge is 2.30. The van der Waals surface area contributed by atoms with Crippen molar-refractivity contribution in [1.29, 1.82) is 0 Å². The third kappa shape index (κ3) is 3.42. The molecule has 0 unspecified atom stereocenters. The number of benzene rings is 3. The molecule has 0 spiro atoms. The first kappa shape index (κ1) is 18.6. The summed E-state index contributed by atoms with van der Waals surface area (Å²) in [6.07, 6.45) is -1.87. The third-order valence-electron chi connectivity index (χ3n) is 7.05. The monoisotopic (exact) mass is 483 g/mol. The van der Waals surface area contributed by atoms with Crippen molar-refractivity contribution in [2.45, 2.75) is 33.5 Å². The predicted molar refractivity (Wildman–Crippen MR) is 146 cm³/mol. The number of rotatable bonds is 3. The van der Waals surface area contributed by atoms with Crippen LogP contribution in [0.3, 0.4) is 0 Å². The van der Waals surface area contributed by atoms with Gasteiger partial charge in [0, 0.05) is 42.5 Å². The van der Waals surface area contributed by atoms with E-state index in [-0.39, 0.29) is 11.1 Å². The molecule has 0 bridgehead atoms.